The van der Waals surface area contributed by atoms with Crippen LogP contribution in [0, 0.1) is 22.0 Å². The van der Waals surface area contributed by atoms with Gasteiger partial charge in [-0.05, 0) is 81.4 Å². The van der Waals surface area contributed by atoms with Crippen molar-refractivity contribution in [3.05, 3.63) is 52.1 Å². The number of piperazine rings is 1. The predicted octanol–water partition coefficient (Wildman–Crippen LogP) is 3.85. The molecule has 0 radical (unpaired) electrons. The van der Waals surface area contributed by atoms with E-state index in [1.54, 1.807) is 0 Å². The van der Waals surface area contributed by atoms with Gasteiger partial charge in [-0.15, -0.1) is 10.1 Å². The lowest BCUT2D eigenvalue weighted by atomic mass is 9.86. The first kappa shape index (κ1) is 39.5. The number of unbranched alkanes of at least 4 members (excludes halogenated alkanes) is 1. The minimum Gasteiger partial charge on any atom is -0.491 e. The van der Waals surface area contributed by atoms with Crippen molar-refractivity contribution in [2.24, 2.45) is 11.8 Å². The zero-order valence-electron chi connectivity index (χ0n) is 27.3. The summed E-state index contributed by atoms with van der Waals surface area (Å²) in [4.78, 5) is 31.2. The minimum absolute atomic E-state index is 0.0114. The molecule has 1 saturated heterocycles. The highest BCUT2D eigenvalue weighted by Crippen LogP contribution is 2.38. The van der Waals surface area contributed by atoms with E-state index in [9.17, 15) is 43.4 Å². The number of rotatable bonds is 21. The van der Waals surface area contributed by atoms with Gasteiger partial charge in [0.2, 0.25) is 0 Å². The van der Waals surface area contributed by atoms with Crippen LogP contribution < -0.4 is 4.74 Å². The number of ether oxygens (including phenoxy) is 2. The molecule has 1 aromatic rings. The van der Waals surface area contributed by atoms with Crippen LogP contribution in [0.25, 0.3) is 0 Å². The molecule has 0 amide bonds. The summed E-state index contributed by atoms with van der Waals surface area (Å²) in [5.74, 6) is -0.668. The lowest BCUT2D eigenvalue weighted by Crippen LogP contribution is -2.47. The number of esters is 1. The smallest absolute Gasteiger partial charge is 0.416 e. The van der Waals surface area contributed by atoms with Crippen molar-refractivity contribution < 1.29 is 52.7 Å². The number of halogens is 3. The lowest BCUT2D eigenvalue weighted by Gasteiger charge is -2.34. The monoisotopic (exact) mass is 689 g/mol. The van der Waals surface area contributed by atoms with Gasteiger partial charge in [0, 0.05) is 45.7 Å². The number of hydrogen-bond acceptors (Lipinski definition) is 11. The Bertz CT molecular complexity index is 1140. The van der Waals surface area contributed by atoms with Crippen LogP contribution in [-0.4, -0.2) is 114 Å². The van der Waals surface area contributed by atoms with E-state index in [1.807, 2.05) is 12.2 Å². The fourth-order valence-electron chi connectivity index (χ4n) is 6.27. The fraction of sp³-hybridized carbons (Fsp3) is 0.727. The number of nitrogens with zero attached hydrogens (tertiary/aromatic N) is 3. The Morgan fingerprint density at radius 3 is 2.35 bits per heavy atom. The highest BCUT2D eigenvalue weighted by atomic mass is 19.4. The number of benzene rings is 1. The minimum atomic E-state index is -4.49. The van der Waals surface area contributed by atoms with Gasteiger partial charge in [-0.2, -0.15) is 13.2 Å². The molecule has 272 valence electrons. The van der Waals surface area contributed by atoms with Gasteiger partial charge in [-0.1, -0.05) is 18.2 Å². The van der Waals surface area contributed by atoms with Crippen LogP contribution in [0.15, 0.2) is 36.4 Å². The maximum absolute atomic E-state index is 12.9. The normalized spacial score (nSPS) is 23.0. The fourth-order valence-corrected chi connectivity index (χ4v) is 6.27. The molecule has 2 aliphatic rings. The first-order valence-electron chi connectivity index (χ1n) is 16.8. The molecule has 1 heterocycles. The summed E-state index contributed by atoms with van der Waals surface area (Å²) in [6, 6.07) is 4.46. The molecule has 0 unspecified atom stereocenters. The van der Waals surface area contributed by atoms with Crippen molar-refractivity contribution in [3.8, 4) is 5.75 Å². The Kier molecular flexibility index (Phi) is 16.9. The van der Waals surface area contributed by atoms with Crippen LogP contribution in [-0.2, 0) is 20.5 Å². The molecule has 3 rings (SSSR count). The molecule has 1 aliphatic heterocycles. The van der Waals surface area contributed by atoms with E-state index in [0.717, 1.165) is 57.8 Å². The first-order chi connectivity index (χ1) is 22.9. The van der Waals surface area contributed by atoms with Gasteiger partial charge >= 0.3 is 12.1 Å². The van der Waals surface area contributed by atoms with E-state index in [2.05, 4.69) is 14.6 Å². The second kappa shape index (κ2) is 20.5. The van der Waals surface area contributed by atoms with Crippen molar-refractivity contribution in [1.82, 2.24) is 9.80 Å². The summed E-state index contributed by atoms with van der Waals surface area (Å²) in [6.45, 7) is 5.46. The summed E-state index contributed by atoms with van der Waals surface area (Å²) < 4.78 is 49.5. The maximum Gasteiger partial charge on any atom is 0.416 e. The second-order valence-electron chi connectivity index (χ2n) is 12.5. The highest BCUT2D eigenvalue weighted by Gasteiger charge is 2.40. The van der Waals surface area contributed by atoms with E-state index in [-0.39, 0.29) is 49.6 Å². The third-order valence-electron chi connectivity index (χ3n) is 8.95. The Balaban J connectivity index is 1.23. The van der Waals surface area contributed by atoms with Crippen molar-refractivity contribution in [2.75, 3.05) is 59.1 Å². The zero-order valence-corrected chi connectivity index (χ0v) is 27.3. The Morgan fingerprint density at radius 1 is 1.02 bits per heavy atom. The summed E-state index contributed by atoms with van der Waals surface area (Å²) in [7, 11) is 0. The standard InChI is InChI=1S/C33H50F3N3O9/c34-33(35,36)25-8-5-9-27(22-25)47-24-26(40)12-13-29-28(30(41)23-31(29)42)10-3-1-2-4-11-32(43)46-20-6-14-37-16-18-38(19-17-37)15-7-21-48-39(44)45/h1,3,5,8-9,22,26,28-31,40-42H,2,4,6-7,10-21,23-24H2/b3-1-/t26-,28-,29-,30+,31-/m1/s1. The molecule has 1 aliphatic carbocycles. The van der Waals surface area contributed by atoms with Crippen LogP contribution in [0.2, 0.25) is 0 Å². The molecule has 0 spiro atoms. The second-order valence-corrected chi connectivity index (χ2v) is 12.5. The number of alkyl halides is 3. The van der Waals surface area contributed by atoms with E-state index in [4.69, 9.17) is 9.47 Å². The molecule has 0 bridgehead atoms. The van der Waals surface area contributed by atoms with E-state index < -0.39 is 35.1 Å². The van der Waals surface area contributed by atoms with Crippen LogP contribution >= 0.6 is 0 Å². The van der Waals surface area contributed by atoms with Crippen LogP contribution in [0.4, 0.5) is 13.2 Å². The molecule has 15 heteroatoms. The molecule has 48 heavy (non-hydrogen) atoms. The number of allylic oxidation sites excluding steroid dienone is 2. The summed E-state index contributed by atoms with van der Waals surface area (Å²) >= 11 is 0. The summed E-state index contributed by atoms with van der Waals surface area (Å²) in [5.41, 5.74) is -0.831. The van der Waals surface area contributed by atoms with Gasteiger partial charge in [0.05, 0.1) is 37.1 Å². The van der Waals surface area contributed by atoms with Gasteiger partial charge in [0.25, 0.3) is 5.09 Å². The number of carbonyl (C=O) groups excluding carboxylic acids is 1. The van der Waals surface area contributed by atoms with Crippen molar-refractivity contribution in [3.63, 3.8) is 0 Å². The molecule has 12 nitrogen and oxygen atoms in total. The van der Waals surface area contributed by atoms with E-state index in [1.165, 1.54) is 12.1 Å². The number of aliphatic hydroxyl groups is 3. The Labute approximate surface area is 279 Å². The maximum atomic E-state index is 12.9. The average Bonchev–Trinajstić information content (AvgIpc) is 3.32. The molecule has 3 N–H and O–H groups in total. The average molecular weight is 690 g/mol. The van der Waals surface area contributed by atoms with Crippen LogP contribution in [0.1, 0.15) is 63.4 Å². The van der Waals surface area contributed by atoms with Crippen molar-refractivity contribution in [1.29, 1.82) is 0 Å². The molecule has 1 aromatic carbocycles. The number of aliphatic hydroxyl groups excluding tert-OH is 3. The van der Waals surface area contributed by atoms with Gasteiger partial charge in [0.15, 0.2) is 0 Å². The molecule has 2 fully saturated rings. The van der Waals surface area contributed by atoms with E-state index in [0.29, 0.717) is 45.1 Å². The third kappa shape index (κ3) is 14.6. The number of hydrogen-bond donors (Lipinski definition) is 3. The largest absolute Gasteiger partial charge is 0.491 e. The molecular formula is C33H50F3N3O9. The van der Waals surface area contributed by atoms with Crippen molar-refractivity contribution >= 4 is 5.97 Å². The summed E-state index contributed by atoms with van der Waals surface area (Å²) in [5, 5.41) is 40.8. The Hall–Kier alpha value is -2.98. The highest BCUT2D eigenvalue weighted by molar-refractivity contribution is 5.69. The number of carbonyl (C=O) groups is 1. The van der Waals surface area contributed by atoms with Gasteiger partial charge in [-0.3, -0.25) is 4.79 Å². The van der Waals surface area contributed by atoms with E-state index >= 15 is 0 Å². The van der Waals surface area contributed by atoms with Gasteiger partial charge < -0.3 is 39.4 Å². The molecule has 1 saturated carbocycles. The quantitative estimate of drug-likeness (QED) is 0.0567. The zero-order chi connectivity index (χ0) is 34.9. The predicted molar refractivity (Wildman–Crippen MR) is 169 cm³/mol. The molecular weight excluding hydrogens is 639 g/mol. The first-order valence-corrected chi connectivity index (χ1v) is 16.8. The van der Waals surface area contributed by atoms with Crippen LogP contribution in [0.3, 0.4) is 0 Å². The SMILES string of the molecule is O=C(CCC/C=C\C[C@@H]1[C@@H](CC[C@@H](O)COc2cccc(C(F)(F)F)c2)[C@H](O)C[C@@H]1O)OCCCN1CCN(CCCO[N+](=O)[O-])CC1. The Morgan fingerprint density at radius 2 is 1.69 bits per heavy atom. The summed E-state index contributed by atoms with van der Waals surface area (Å²) in [6.07, 6.45) is 1.48. The lowest BCUT2D eigenvalue weighted by molar-refractivity contribution is -0.757. The topological polar surface area (TPSA) is 155 Å². The van der Waals surface area contributed by atoms with Gasteiger partial charge in [0.1, 0.15) is 12.4 Å². The third-order valence-corrected chi connectivity index (χ3v) is 8.95. The molecule has 0 aromatic heterocycles. The van der Waals surface area contributed by atoms with Crippen LogP contribution in [0.5, 0.6) is 5.75 Å². The molecule has 5 atom stereocenters. The van der Waals surface area contributed by atoms with Gasteiger partial charge in [-0.25, -0.2) is 0 Å². The van der Waals surface area contributed by atoms with Crippen molar-refractivity contribution in [2.45, 2.75) is 82.3 Å².